The van der Waals surface area contributed by atoms with Gasteiger partial charge in [0.05, 0.1) is 6.10 Å². The molecule has 0 saturated carbocycles. The van der Waals surface area contributed by atoms with Gasteiger partial charge in [-0.3, -0.25) is 5.41 Å². The van der Waals surface area contributed by atoms with Gasteiger partial charge in [0.15, 0.2) is 0 Å². The van der Waals surface area contributed by atoms with Gasteiger partial charge in [-0.05, 0) is 31.9 Å². The molecule has 17 heavy (non-hydrogen) atoms. The Morgan fingerprint density at radius 3 is 2.65 bits per heavy atom. The molecule has 0 bridgehead atoms. The number of aliphatic hydroxyl groups excluding tert-OH is 1. The van der Waals surface area contributed by atoms with Crippen molar-refractivity contribution in [3.05, 3.63) is 29.3 Å². The minimum Gasteiger partial charge on any atom is -0.393 e. The second-order valence-electron chi connectivity index (χ2n) is 4.65. The first kappa shape index (κ1) is 11.9. The third-order valence-corrected chi connectivity index (χ3v) is 3.25. The van der Waals surface area contributed by atoms with Crippen molar-refractivity contribution >= 4 is 11.5 Å². The Morgan fingerprint density at radius 2 is 2.06 bits per heavy atom. The summed E-state index contributed by atoms with van der Waals surface area (Å²) in [6.45, 7) is 3.64. The molecule has 1 heterocycles. The first-order valence-corrected chi connectivity index (χ1v) is 5.96. The Hall–Kier alpha value is -1.55. The van der Waals surface area contributed by atoms with Crippen molar-refractivity contribution < 1.29 is 5.11 Å². The second kappa shape index (κ2) is 4.75. The molecule has 92 valence electrons. The van der Waals surface area contributed by atoms with Crippen LogP contribution in [0.5, 0.6) is 0 Å². The average Bonchev–Trinajstić information content (AvgIpc) is 2.30. The normalized spacial score (nSPS) is 17.2. The number of anilines is 1. The number of nitrogen functional groups attached to an aromatic ring is 1. The van der Waals surface area contributed by atoms with Crippen LogP contribution >= 0.6 is 0 Å². The van der Waals surface area contributed by atoms with E-state index < -0.39 is 0 Å². The number of nitrogens with two attached hydrogens (primary N) is 1. The summed E-state index contributed by atoms with van der Waals surface area (Å²) >= 11 is 0. The molecular formula is C13H19N3O. The average molecular weight is 233 g/mol. The summed E-state index contributed by atoms with van der Waals surface area (Å²) in [5.74, 6) is 0.106. The van der Waals surface area contributed by atoms with E-state index in [1.807, 2.05) is 25.1 Å². The third kappa shape index (κ3) is 2.58. The lowest BCUT2D eigenvalue weighted by Gasteiger charge is -2.32. The van der Waals surface area contributed by atoms with E-state index in [1.165, 1.54) is 0 Å². The fourth-order valence-electron chi connectivity index (χ4n) is 2.25. The molecule has 0 amide bonds. The molecule has 4 N–H and O–H groups in total. The summed E-state index contributed by atoms with van der Waals surface area (Å²) in [6.07, 6.45) is 1.38. The van der Waals surface area contributed by atoms with Crippen molar-refractivity contribution in [2.75, 3.05) is 18.0 Å². The molecule has 0 unspecified atom stereocenters. The molecule has 1 aliphatic heterocycles. The van der Waals surface area contributed by atoms with Crippen LogP contribution in [0, 0.1) is 12.3 Å². The SMILES string of the molecule is Cc1ccc(N2CCC(O)CC2)c(C(=N)N)c1. The van der Waals surface area contributed by atoms with Crippen LogP contribution in [-0.2, 0) is 0 Å². The van der Waals surface area contributed by atoms with Crippen LogP contribution < -0.4 is 10.6 Å². The Morgan fingerprint density at radius 1 is 1.41 bits per heavy atom. The van der Waals surface area contributed by atoms with Gasteiger partial charge in [-0.1, -0.05) is 11.6 Å². The van der Waals surface area contributed by atoms with Gasteiger partial charge in [-0.2, -0.15) is 0 Å². The molecular weight excluding hydrogens is 214 g/mol. The summed E-state index contributed by atoms with van der Waals surface area (Å²) in [6, 6.07) is 6.00. The summed E-state index contributed by atoms with van der Waals surface area (Å²) in [4.78, 5) is 2.20. The highest BCUT2D eigenvalue weighted by Crippen LogP contribution is 2.25. The Kier molecular flexibility index (Phi) is 3.33. The fraction of sp³-hybridized carbons (Fsp3) is 0.462. The smallest absolute Gasteiger partial charge is 0.124 e. The van der Waals surface area contributed by atoms with Crippen LogP contribution in [0.1, 0.15) is 24.0 Å². The van der Waals surface area contributed by atoms with Crippen molar-refractivity contribution in [2.45, 2.75) is 25.9 Å². The molecule has 1 aliphatic rings. The number of hydrogen-bond donors (Lipinski definition) is 3. The van der Waals surface area contributed by atoms with Crippen molar-refractivity contribution in [2.24, 2.45) is 5.73 Å². The minimum absolute atomic E-state index is 0.106. The highest BCUT2D eigenvalue weighted by atomic mass is 16.3. The number of nitrogens with zero attached hydrogens (tertiary/aromatic N) is 1. The maximum atomic E-state index is 9.50. The molecule has 0 radical (unpaired) electrons. The summed E-state index contributed by atoms with van der Waals surface area (Å²) < 4.78 is 0. The first-order valence-electron chi connectivity index (χ1n) is 5.96. The Bertz CT molecular complexity index is 423. The number of piperidine rings is 1. The maximum absolute atomic E-state index is 9.50. The Balaban J connectivity index is 2.28. The molecule has 1 aromatic rings. The predicted octanol–water partition coefficient (Wildman–Crippen LogP) is 1.24. The molecule has 0 spiro atoms. The van der Waals surface area contributed by atoms with Crippen LogP contribution in [0.2, 0.25) is 0 Å². The molecule has 4 heteroatoms. The molecule has 4 nitrogen and oxygen atoms in total. The van der Waals surface area contributed by atoms with E-state index in [9.17, 15) is 5.11 Å². The lowest BCUT2D eigenvalue weighted by atomic mass is 10.0. The predicted molar refractivity (Wildman–Crippen MR) is 69.6 cm³/mol. The number of rotatable bonds is 2. The van der Waals surface area contributed by atoms with Gasteiger partial charge in [0.2, 0.25) is 0 Å². The van der Waals surface area contributed by atoms with Gasteiger partial charge < -0.3 is 15.7 Å². The second-order valence-corrected chi connectivity index (χ2v) is 4.65. The maximum Gasteiger partial charge on any atom is 0.124 e. The standard InChI is InChI=1S/C13H19N3O/c1-9-2-3-12(11(8-9)13(14)15)16-6-4-10(17)5-7-16/h2-3,8,10,17H,4-7H2,1H3,(H3,14,15). The molecule has 0 atom stereocenters. The number of amidine groups is 1. The lowest BCUT2D eigenvalue weighted by molar-refractivity contribution is 0.145. The van der Waals surface area contributed by atoms with Gasteiger partial charge in [0, 0.05) is 24.3 Å². The molecule has 1 saturated heterocycles. The highest BCUT2D eigenvalue weighted by Gasteiger charge is 2.19. The van der Waals surface area contributed by atoms with Crippen LogP contribution in [0.4, 0.5) is 5.69 Å². The van der Waals surface area contributed by atoms with E-state index in [0.29, 0.717) is 0 Å². The minimum atomic E-state index is -0.183. The molecule has 0 aromatic heterocycles. The number of nitrogens with one attached hydrogen (secondary N) is 1. The van der Waals surface area contributed by atoms with Crippen molar-refractivity contribution in [3.8, 4) is 0 Å². The van der Waals surface area contributed by atoms with E-state index in [-0.39, 0.29) is 11.9 Å². The molecule has 2 rings (SSSR count). The Labute approximate surface area is 102 Å². The third-order valence-electron chi connectivity index (χ3n) is 3.25. The van der Waals surface area contributed by atoms with Crippen molar-refractivity contribution in [3.63, 3.8) is 0 Å². The van der Waals surface area contributed by atoms with Crippen LogP contribution in [0.15, 0.2) is 18.2 Å². The highest BCUT2D eigenvalue weighted by molar-refractivity contribution is 6.00. The fourth-order valence-corrected chi connectivity index (χ4v) is 2.25. The molecule has 1 fully saturated rings. The van der Waals surface area contributed by atoms with E-state index in [0.717, 1.165) is 42.7 Å². The van der Waals surface area contributed by atoms with Crippen LogP contribution in [-0.4, -0.2) is 30.1 Å². The lowest BCUT2D eigenvalue weighted by Crippen LogP contribution is -2.37. The van der Waals surface area contributed by atoms with Gasteiger partial charge in [0.1, 0.15) is 5.84 Å². The van der Waals surface area contributed by atoms with Crippen LogP contribution in [0.25, 0.3) is 0 Å². The molecule has 0 aliphatic carbocycles. The first-order chi connectivity index (χ1) is 8.08. The molecule has 1 aromatic carbocycles. The number of hydrogen-bond acceptors (Lipinski definition) is 3. The number of aryl methyl sites for hydroxylation is 1. The zero-order valence-electron chi connectivity index (χ0n) is 10.1. The monoisotopic (exact) mass is 233 g/mol. The van der Waals surface area contributed by atoms with E-state index in [1.54, 1.807) is 0 Å². The largest absolute Gasteiger partial charge is 0.393 e. The van der Waals surface area contributed by atoms with E-state index in [4.69, 9.17) is 11.1 Å². The van der Waals surface area contributed by atoms with Crippen molar-refractivity contribution in [1.82, 2.24) is 0 Å². The van der Waals surface area contributed by atoms with Gasteiger partial charge in [-0.25, -0.2) is 0 Å². The number of benzene rings is 1. The topological polar surface area (TPSA) is 73.3 Å². The van der Waals surface area contributed by atoms with Crippen molar-refractivity contribution in [1.29, 1.82) is 5.41 Å². The number of aliphatic hydroxyl groups is 1. The zero-order valence-corrected chi connectivity index (χ0v) is 10.1. The van der Waals surface area contributed by atoms with Gasteiger partial charge >= 0.3 is 0 Å². The quantitative estimate of drug-likeness (QED) is 0.531. The summed E-state index contributed by atoms with van der Waals surface area (Å²) in [5.41, 5.74) is 8.53. The van der Waals surface area contributed by atoms with Crippen LogP contribution in [0.3, 0.4) is 0 Å². The summed E-state index contributed by atoms with van der Waals surface area (Å²) in [5, 5.41) is 17.1. The summed E-state index contributed by atoms with van der Waals surface area (Å²) in [7, 11) is 0. The van der Waals surface area contributed by atoms with E-state index in [2.05, 4.69) is 4.90 Å². The van der Waals surface area contributed by atoms with E-state index >= 15 is 0 Å². The van der Waals surface area contributed by atoms with Gasteiger partial charge in [-0.15, -0.1) is 0 Å². The zero-order chi connectivity index (χ0) is 12.4. The van der Waals surface area contributed by atoms with Gasteiger partial charge in [0.25, 0.3) is 0 Å².